The standard InChI is InChI=1S/C15H26N2O2S2/c1-7-16-14-8-11(2)15(12(3)9-14)21(18,19)17(5)13(4)10-20-6/h8-9,13,16H,7,10H2,1-6H3. The molecule has 1 aromatic carbocycles. The van der Waals surface area contributed by atoms with E-state index in [4.69, 9.17) is 0 Å². The number of thioether (sulfide) groups is 1. The van der Waals surface area contributed by atoms with Crippen molar-refractivity contribution in [2.75, 3.05) is 30.9 Å². The molecule has 0 amide bonds. The molecule has 120 valence electrons. The number of hydrogen-bond donors (Lipinski definition) is 1. The van der Waals surface area contributed by atoms with Gasteiger partial charge >= 0.3 is 0 Å². The van der Waals surface area contributed by atoms with Crippen LogP contribution in [-0.2, 0) is 10.0 Å². The molecule has 21 heavy (non-hydrogen) atoms. The molecule has 0 fully saturated rings. The van der Waals surface area contributed by atoms with E-state index in [0.717, 1.165) is 29.1 Å². The molecule has 0 radical (unpaired) electrons. The van der Waals surface area contributed by atoms with Gasteiger partial charge in [0.05, 0.1) is 4.90 Å². The minimum atomic E-state index is -3.46. The second-order valence-corrected chi connectivity index (χ2v) is 8.14. The van der Waals surface area contributed by atoms with Crippen molar-refractivity contribution in [1.29, 1.82) is 0 Å². The Balaban J connectivity index is 3.26. The average molecular weight is 331 g/mol. The van der Waals surface area contributed by atoms with Crippen molar-refractivity contribution < 1.29 is 8.42 Å². The molecule has 1 N–H and O–H groups in total. The van der Waals surface area contributed by atoms with Crippen LogP contribution < -0.4 is 5.32 Å². The van der Waals surface area contributed by atoms with Gasteiger partial charge in [-0.05, 0) is 57.2 Å². The molecule has 0 aliphatic rings. The maximum atomic E-state index is 12.9. The summed E-state index contributed by atoms with van der Waals surface area (Å²) in [7, 11) is -1.80. The molecule has 0 aromatic heterocycles. The van der Waals surface area contributed by atoms with Crippen LogP contribution in [0.15, 0.2) is 17.0 Å². The van der Waals surface area contributed by atoms with Gasteiger partial charge in [0.1, 0.15) is 0 Å². The van der Waals surface area contributed by atoms with Gasteiger partial charge < -0.3 is 5.32 Å². The molecule has 0 heterocycles. The molecule has 1 atom stereocenters. The van der Waals surface area contributed by atoms with Crippen LogP contribution in [0.25, 0.3) is 0 Å². The van der Waals surface area contributed by atoms with Crippen LogP contribution in [0.5, 0.6) is 0 Å². The summed E-state index contributed by atoms with van der Waals surface area (Å²) in [4.78, 5) is 0.430. The van der Waals surface area contributed by atoms with E-state index >= 15 is 0 Å². The Kier molecular flexibility index (Phi) is 6.56. The zero-order chi connectivity index (χ0) is 16.2. The quantitative estimate of drug-likeness (QED) is 0.834. The number of nitrogens with one attached hydrogen (secondary N) is 1. The first-order chi connectivity index (χ1) is 9.75. The monoisotopic (exact) mass is 330 g/mol. The van der Waals surface area contributed by atoms with E-state index in [1.165, 1.54) is 4.31 Å². The summed E-state index contributed by atoms with van der Waals surface area (Å²) in [5.74, 6) is 0.781. The lowest BCUT2D eigenvalue weighted by Crippen LogP contribution is -2.37. The molecular formula is C15H26N2O2S2. The van der Waals surface area contributed by atoms with Gasteiger partial charge in [0.25, 0.3) is 0 Å². The third-order valence-corrected chi connectivity index (χ3v) is 6.60. The van der Waals surface area contributed by atoms with Crippen molar-refractivity contribution in [2.45, 2.75) is 38.6 Å². The third-order valence-electron chi connectivity index (χ3n) is 3.51. The first-order valence-electron chi connectivity index (χ1n) is 7.07. The number of hydrogen-bond acceptors (Lipinski definition) is 4. The van der Waals surface area contributed by atoms with Crippen LogP contribution in [0.3, 0.4) is 0 Å². The fourth-order valence-corrected chi connectivity index (χ4v) is 4.96. The van der Waals surface area contributed by atoms with Crippen LogP contribution >= 0.6 is 11.8 Å². The van der Waals surface area contributed by atoms with Crippen molar-refractivity contribution in [2.24, 2.45) is 0 Å². The van der Waals surface area contributed by atoms with E-state index < -0.39 is 10.0 Å². The summed E-state index contributed by atoms with van der Waals surface area (Å²) < 4.78 is 27.2. The predicted molar refractivity (Wildman–Crippen MR) is 92.9 cm³/mol. The minimum absolute atomic E-state index is 0.0303. The van der Waals surface area contributed by atoms with Crippen molar-refractivity contribution in [3.8, 4) is 0 Å². The molecule has 4 nitrogen and oxygen atoms in total. The molecule has 0 aliphatic carbocycles. The second-order valence-electron chi connectivity index (χ2n) is 5.30. The summed E-state index contributed by atoms with van der Waals surface area (Å²) in [6, 6.07) is 3.77. The van der Waals surface area contributed by atoms with Crippen LogP contribution in [-0.4, -0.2) is 44.4 Å². The first kappa shape index (κ1) is 18.3. The second kappa shape index (κ2) is 7.51. The van der Waals surface area contributed by atoms with E-state index in [1.54, 1.807) is 18.8 Å². The van der Waals surface area contributed by atoms with Gasteiger partial charge in [-0.2, -0.15) is 16.1 Å². The number of rotatable bonds is 7. The van der Waals surface area contributed by atoms with Gasteiger partial charge in [-0.15, -0.1) is 0 Å². The zero-order valence-corrected chi connectivity index (χ0v) is 15.4. The number of sulfonamides is 1. The molecule has 0 saturated heterocycles. The summed E-state index contributed by atoms with van der Waals surface area (Å²) in [5, 5.41) is 3.23. The lowest BCUT2D eigenvalue weighted by Gasteiger charge is -2.25. The average Bonchev–Trinajstić information content (AvgIpc) is 2.37. The SMILES string of the molecule is CCNc1cc(C)c(S(=O)(=O)N(C)C(C)CSC)c(C)c1. The van der Waals surface area contributed by atoms with Crippen molar-refractivity contribution in [3.05, 3.63) is 23.3 Å². The normalized spacial score (nSPS) is 13.5. The number of nitrogens with zero attached hydrogens (tertiary/aromatic N) is 1. The highest BCUT2D eigenvalue weighted by Gasteiger charge is 2.28. The van der Waals surface area contributed by atoms with Crippen molar-refractivity contribution in [1.82, 2.24) is 4.31 Å². The zero-order valence-electron chi connectivity index (χ0n) is 13.7. The molecule has 0 saturated carbocycles. The Morgan fingerprint density at radius 1 is 1.29 bits per heavy atom. The Bertz CT molecular complexity index is 562. The maximum Gasteiger partial charge on any atom is 0.243 e. The van der Waals surface area contributed by atoms with Gasteiger partial charge in [-0.25, -0.2) is 8.42 Å². The predicted octanol–water partition coefficient (Wildman–Crippen LogP) is 3.11. The van der Waals surface area contributed by atoms with Crippen LogP contribution in [0, 0.1) is 13.8 Å². The molecule has 0 spiro atoms. The summed E-state index contributed by atoms with van der Waals surface area (Å²) in [6.07, 6.45) is 1.98. The summed E-state index contributed by atoms with van der Waals surface area (Å²) in [6.45, 7) is 8.48. The van der Waals surface area contributed by atoms with Crippen LogP contribution in [0.4, 0.5) is 5.69 Å². The van der Waals surface area contributed by atoms with E-state index in [9.17, 15) is 8.42 Å². The molecule has 6 heteroatoms. The van der Waals surface area contributed by atoms with Gasteiger partial charge in [-0.1, -0.05) is 0 Å². The van der Waals surface area contributed by atoms with E-state index in [1.807, 2.05) is 46.1 Å². The number of benzene rings is 1. The first-order valence-corrected chi connectivity index (χ1v) is 9.91. The topological polar surface area (TPSA) is 49.4 Å². The smallest absolute Gasteiger partial charge is 0.243 e. The van der Waals surface area contributed by atoms with Crippen LogP contribution in [0.1, 0.15) is 25.0 Å². The molecule has 0 aliphatic heterocycles. The maximum absolute atomic E-state index is 12.9. The molecule has 1 aromatic rings. The molecule has 1 rings (SSSR count). The number of aryl methyl sites for hydroxylation is 2. The van der Waals surface area contributed by atoms with E-state index in [2.05, 4.69) is 5.32 Å². The molecule has 1 unspecified atom stereocenters. The fraction of sp³-hybridized carbons (Fsp3) is 0.600. The Morgan fingerprint density at radius 2 is 1.81 bits per heavy atom. The molecular weight excluding hydrogens is 304 g/mol. The lowest BCUT2D eigenvalue weighted by molar-refractivity contribution is 0.414. The van der Waals surface area contributed by atoms with E-state index in [0.29, 0.717) is 4.90 Å². The Morgan fingerprint density at radius 3 is 2.24 bits per heavy atom. The largest absolute Gasteiger partial charge is 0.385 e. The van der Waals surface area contributed by atoms with Crippen LogP contribution in [0.2, 0.25) is 0 Å². The third kappa shape index (κ3) is 4.14. The Labute approximate surface area is 133 Å². The van der Waals surface area contributed by atoms with Gasteiger partial charge in [-0.3, -0.25) is 0 Å². The van der Waals surface area contributed by atoms with Gasteiger partial charge in [0.2, 0.25) is 10.0 Å². The summed E-state index contributed by atoms with van der Waals surface area (Å²) >= 11 is 1.65. The van der Waals surface area contributed by atoms with Crippen molar-refractivity contribution >= 4 is 27.5 Å². The highest BCUT2D eigenvalue weighted by Crippen LogP contribution is 2.28. The highest BCUT2D eigenvalue weighted by molar-refractivity contribution is 7.98. The van der Waals surface area contributed by atoms with E-state index in [-0.39, 0.29) is 6.04 Å². The highest BCUT2D eigenvalue weighted by atomic mass is 32.2. The van der Waals surface area contributed by atoms with Gasteiger partial charge in [0.15, 0.2) is 0 Å². The van der Waals surface area contributed by atoms with Gasteiger partial charge in [0, 0.05) is 31.1 Å². The Hall–Kier alpha value is -0.720. The summed E-state index contributed by atoms with van der Waals surface area (Å²) in [5.41, 5.74) is 2.54. The van der Waals surface area contributed by atoms with Crippen molar-refractivity contribution in [3.63, 3.8) is 0 Å². The lowest BCUT2D eigenvalue weighted by atomic mass is 10.1. The fourth-order valence-electron chi connectivity index (χ4n) is 2.39. The number of anilines is 1. The minimum Gasteiger partial charge on any atom is -0.385 e. The molecule has 0 bridgehead atoms.